The highest BCUT2D eigenvalue weighted by atomic mass is 16.5. The molecule has 0 bridgehead atoms. The molecule has 2 rings (SSSR count). The predicted octanol–water partition coefficient (Wildman–Crippen LogP) is -0.0898. The Hall–Kier alpha value is -1.20. The fraction of sp³-hybridized carbons (Fsp3) is 0.636. The summed E-state index contributed by atoms with van der Waals surface area (Å²) in [7, 11) is 1.85. The summed E-state index contributed by atoms with van der Waals surface area (Å²) < 4.78 is 7.20. The average molecular weight is 223 g/mol. The number of aromatic nitrogens is 2. The normalized spacial score (nSPS) is 20.9. The van der Waals surface area contributed by atoms with Gasteiger partial charge < -0.3 is 10.1 Å². The van der Waals surface area contributed by atoms with Crippen LogP contribution in [0.2, 0.25) is 0 Å². The van der Waals surface area contributed by atoms with Crippen molar-refractivity contribution in [2.24, 2.45) is 7.05 Å². The van der Waals surface area contributed by atoms with Crippen LogP contribution in [0.15, 0.2) is 12.4 Å². The van der Waals surface area contributed by atoms with E-state index >= 15 is 0 Å². The highest BCUT2D eigenvalue weighted by Crippen LogP contribution is 2.06. The lowest BCUT2D eigenvalue weighted by atomic mass is 10.1. The standard InChI is InChI=1S/C11H17N3O2/c1-14-8-9(6-13-14)4-10(15)5-11-7-12-2-3-16-11/h6,8,11-12H,2-5,7H2,1H3. The van der Waals surface area contributed by atoms with Crippen LogP contribution in [-0.2, 0) is 23.0 Å². The van der Waals surface area contributed by atoms with Gasteiger partial charge in [0, 0.05) is 39.2 Å². The number of carbonyl (C=O) groups is 1. The Labute approximate surface area is 94.8 Å². The third-order valence-corrected chi connectivity index (χ3v) is 2.62. The van der Waals surface area contributed by atoms with Crippen molar-refractivity contribution in [1.82, 2.24) is 15.1 Å². The number of nitrogens with zero attached hydrogens (tertiary/aromatic N) is 2. The number of rotatable bonds is 4. The summed E-state index contributed by atoms with van der Waals surface area (Å²) in [6, 6.07) is 0. The van der Waals surface area contributed by atoms with Gasteiger partial charge in [0.1, 0.15) is 5.78 Å². The Kier molecular flexibility index (Phi) is 3.69. The van der Waals surface area contributed by atoms with Crippen molar-refractivity contribution >= 4 is 5.78 Å². The van der Waals surface area contributed by atoms with Crippen molar-refractivity contribution in [2.45, 2.75) is 18.9 Å². The van der Waals surface area contributed by atoms with Gasteiger partial charge in [0.2, 0.25) is 0 Å². The zero-order valence-corrected chi connectivity index (χ0v) is 9.48. The van der Waals surface area contributed by atoms with E-state index < -0.39 is 0 Å². The molecule has 1 aromatic rings. The van der Waals surface area contributed by atoms with Crippen molar-refractivity contribution in [1.29, 1.82) is 0 Å². The molecule has 1 fully saturated rings. The van der Waals surface area contributed by atoms with Gasteiger partial charge in [-0.15, -0.1) is 0 Å². The van der Waals surface area contributed by atoms with Gasteiger partial charge in [-0.1, -0.05) is 0 Å². The molecule has 0 spiro atoms. The molecule has 0 aromatic carbocycles. The van der Waals surface area contributed by atoms with Crippen LogP contribution < -0.4 is 5.32 Å². The summed E-state index contributed by atoms with van der Waals surface area (Å²) in [4.78, 5) is 11.7. The first-order chi connectivity index (χ1) is 7.74. The average Bonchev–Trinajstić information content (AvgIpc) is 2.65. The number of hydrogen-bond donors (Lipinski definition) is 1. The second-order valence-electron chi connectivity index (χ2n) is 4.14. The Morgan fingerprint density at radius 1 is 1.75 bits per heavy atom. The number of morpholine rings is 1. The zero-order valence-electron chi connectivity index (χ0n) is 9.48. The number of aryl methyl sites for hydroxylation is 1. The van der Waals surface area contributed by atoms with Gasteiger partial charge >= 0.3 is 0 Å². The molecular weight excluding hydrogens is 206 g/mol. The van der Waals surface area contributed by atoms with Crippen LogP contribution in [0.3, 0.4) is 0 Å². The molecule has 1 unspecified atom stereocenters. The quantitative estimate of drug-likeness (QED) is 0.775. The van der Waals surface area contributed by atoms with E-state index in [2.05, 4.69) is 10.4 Å². The molecule has 16 heavy (non-hydrogen) atoms. The minimum absolute atomic E-state index is 0.0397. The molecule has 1 aliphatic heterocycles. The van der Waals surface area contributed by atoms with E-state index in [-0.39, 0.29) is 11.9 Å². The van der Waals surface area contributed by atoms with E-state index in [4.69, 9.17) is 4.74 Å². The van der Waals surface area contributed by atoms with Gasteiger partial charge in [0.05, 0.1) is 18.9 Å². The molecule has 5 nitrogen and oxygen atoms in total. The van der Waals surface area contributed by atoms with Crippen molar-refractivity contribution in [3.63, 3.8) is 0 Å². The molecule has 0 radical (unpaired) electrons. The maximum absolute atomic E-state index is 11.7. The van der Waals surface area contributed by atoms with E-state index in [1.807, 2.05) is 13.2 Å². The molecule has 1 atom stereocenters. The van der Waals surface area contributed by atoms with Crippen molar-refractivity contribution in [2.75, 3.05) is 19.7 Å². The van der Waals surface area contributed by atoms with E-state index in [9.17, 15) is 4.79 Å². The number of Topliss-reactive ketones (excluding diaryl/α,β-unsaturated/α-hetero) is 1. The fourth-order valence-electron chi connectivity index (χ4n) is 1.87. The topological polar surface area (TPSA) is 56.2 Å². The summed E-state index contributed by atoms with van der Waals surface area (Å²) in [5.74, 6) is 0.210. The first kappa shape index (κ1) is 11.3. The number of nitrogens with one attached hydrogen (secondary N) is 1. The van der Waals surface area contributed by atoms with Gasteiger partial charge in [-0.25, -0.2) is 0 Å². The lowest BCUT2D eigenvalue weighted by molar-refractivity contribution is -0.121. The summed E-state index contributed by atoms with van der Waals surface area (Å²) in [6.45, 7) is 2.36. The molecule has 0 saturated carbocycles. The van der Waals surface area contributed by atoms with Crippen molar-refractivity contribution in [3.05, 3.63) is 18.0 Å². The SMILES string of the molecule is Cn1cc(CC(=O)CC2CNCCO2)cn1. The molecule has 1 aliphatic rings. The molecule has 1 saturated heterocycles. The van der Waals surface area contributed by atoms with E-state index in [0.717, 1.165) is 18.7 Å². The summed E-state index contributed by atoms with van der Waals surface area (Å²) >= 11 is 0. The third-order valence-electron chi connectivity index (χ3n) is 2.62. The molecule has 0 amide bonds. The molecule has 2 heterocycles. The molecule has 0 aliphatic carbocycles. The Bertz CT molecular complexity index is 356. The van der Waals surface area contributed by atoms with Gasteiger partial charge in [0.25, 0.3) is 0 Å². The van der Waals surface area contributed by atoms with Crippen LogP contribution in [0.4, 0.5) is 0 Å². The molecular formula is C11H17N3O2. The number of hydrogen-bond acceptors (Lipinski definition) is 4. The second kappa shape index (κ2) is 5.23. The Morgan fingerprint density at radius 2 is 2.62 bits per heavy atom. The maximum Gasteiger partial charge on any atom is 0.140 e. The molecule has 5 heteroatoms. The first-order valence-electron chi connectivity index (χ1n) is 5.55. The summed E-state index contributed by atoms with van der Waals surface area (Å²) in [6.07, 6.45) is 4.59. The highest BCUT2D eigenvalue weighted by Gasteiger charge is 2.17. The maximum atomic E-state index is 11.7. The van der Waals surface area contributed by atoms with E-state index in [1.165, 1.54) is 0 Å². The van der Waals surface area contributed by atoms with Gasteiger partial charge in [-0.3, -0.25) is 9.48 Å². The fourth-order valence-corrected chi connectivity index (χ4v) is 1.87. The van der Waals surface area contributed by atoms with Crippen LogP contribution in [0.5, 0.6) is 0 Å². The van der Waals surface area contributed by atoms with Gasteiger partial charge in [-0.2, -0.15) is 5.10 Å². The predicted molar refractivity (Wildman–Crippen MR) is 59.1 cm³/mol. The second-order valence-corrected chi connectivity index (χ2v) is 4.14. The van der Waals surface area contributed by atoms with Gasteiger partial charge in [-0.05, 0) is 5.56 Å². The first-order valence-corrected chi connectivity index (χ1v) is 5.55. The van der Waals surface area contributed by atoms with Crippen LogP contribution in [0.25, 0.3) is 0 Å². The monoisotopic (exact) mass is 223 g/mol. The lowest BCUT2D eigenvalue weighted by Gasteiger charge is -2.22. The smallest absolute Gasteiger partial charge is 0.140 e. The Morgan fingerprint density at radius 3 is 3.25 bits per heavy atom. The van der Waals surface area contributed by atoms with Crippen LogP contribution in [0.1, 0.15) is 12.0 Å². The number of ether oxygens (including phenoxy) is 1. The largest absolute Gasteiger partial charge is 0.375 e. The number of ketones is 1. The third kappa shape index (κ3) is 3.15. The molecule has 1 N–H and O–H groups in total. The molecule has 88 valence electrons. The Balaban J connectivity index is 1.79. The summed E-state index contributed by atoms with van der Waals surface area (Å²) in [5, 5.41) is 7.25. The van der Waals surface area contributed by atoms with Gasteiger partial charge in [0.15, 0.2) is 0 Å². The van der Waals surface area contributed by atoms with Crippen LogP contribution in [-0.4, -0.2) is 41.4 Å². The van der Waals surface area contributed by atoms with Crippen LogP contribution >= 0.6 is 0 Å². The van der Waals surface area contributed by atoms with Crippen LogP contribution in [0, 0.1) is 0 Å². The molecule has 1 aromatic heterocycles. The minimum atomic E-state index is 0.0397. The number of carbonyl (C=O) groups excluding carboxylic acids is 1. The lowest BCUT2D eigenvalue weighted by Crippen LogP contribution is -2.39. The van der Waals surface area contributed by atoms with Crippen molar-refractivity contribution in [3.8, 4) is 0 Å². The van der Waals surface area contributed by atoms with Crippen molar-refractivity contribution < 1.29 is 9.53 Å². The zero-order chi connectivity index (χ0) is 11.4. The van der Waals surface area contributed by atoms with E-state index in [1.54, 1.807) is 10.9 Å². The van der Waals surface area contributed by atoms with E-state index in [0.29, 0.717) is 19.4 Å². The summed E-state index contributed by atoms with van der Waals surface area (Å²) in [5.41, 5.74) is 0.969. The minimum Gasteiger partial charge on any atom is -0.375 e. The highest BCUT2D eigenvalue weighted by molar-refractivity contribution is 5.81.